The van der Waals surface area contributed by atoms with Crippen molar-refractivity contribution in [2.75, 3.05) is 7.11 Å². The Kier molecular flexibility index (Phi) is 7.12. The van der Waals surface area contributed by atoms with Crippen molar-refractivity contribution >= 4 is 10.9 Å². The van der Waals surface area contributed by atoms with Gasteiger partial charge in [-0.25, -0.2) is 18.7 Å². The molecule has 8 nitrogen and oxygen atoms in total. The summed E-state index contributed by atoms with van der Waals surface area (Å²) in [6.07, 6.45) is -3.43. The van der Waals surface area contributed by atoms with E-state index in [1.165, 1.54) is 37.4 Å². The molecular formula is C27H18F7N5O3. The highest BCUT2D eigenvalue weighted by atomic mass is 19.4. The van der Waals surface area contributed by atoms with E-state index in [1.807, 2.05) is 0 Å². The molecule has 0 N–H and O–H groups in total. The Morgan fingerprint density at radius 3 is 2.19 bits per heavy atom. The van der Waals surface area contributed by atoms with Crippen LogP contribution in [-0.4, -0.2) is 31.0 Å². The van der Waals surface area contributed by atoms with E-state index in [1.54, 1.807) is 0 Å². The number of pyridine rings is 3. The lowest BCUT2D eigenvalue weighted by atomic mass is 10.1. The van der Waals surface area contributed by atoms with Crippen LogP contribution in [-0.2, 0) is 19.3 Å². The molecule has 4 aromatic heterocycles. The number of halogens is 7. The van der Waals surface area contributed by atoms with Crippen LogP contribution in [0, 0.1) is 30.2 Å². The SMILES string of the molecule is COc1c(F)c(F)c(Cn2c3cc(=O)n(Cc4cccc(C(F)(F)F)n4)c(C)c3c(=O)n2-c2ccccn2)c(F)c1F. The zero-order valence-electron chi connectivity index (χ0n) is 21.6. The lowest BCUT2D eigenvalue weighted by molar-refractivity contribution is -0.141. The molecule has 0 saturated heterocycles. The molecule has 0 amide bonds. The maximum absolute atomic E-state index is 15.0. The van der Waals surface area contributed by atoms with Crippen LogP contribution in [0.1, 0.15) is 22.6 Å². The molecule has 0 unspecified atom stereocenters. The average molecular weight is 593 g/mol. The summed E-state index contributed by atoms with van der Waals surface area (Å²) in [5.41, 5.74) is -4.26. The Morgan fingerprint density at radius 2 is 1.60 bits per heavy atom. The third-order valence-electron chi connectivity index (χ3n) is 6.58. The molecule has 0 atom stereocenters. The third-order valence-corrected chi connectivity index (χ3v) is 6.58. The Bertz CT molecular complexity index is 1940. The minimum absolute atomic E-state index is 0.0156. The number of fused-ring (bicyclic) bond motifs is 1. The second-order valence-electron chi connectivity index (χ2n) is 9.06. The standard InChI is InChI=1S/C27H18F7N5O3/c1-13-20-16(10-19(40)37(13)11-14-6-5-7-17(36-14)27(32,33)34)38(39(26(20)41)18-8-3-4-9-35-18)12-15-21(28)23(30)25(42-2)24(31)22(15)29/h3-10H,11-12H2,1-2H3. The minimum atomic E-state index is -4.74. The van der Waals surface area contributed by atoms with Crippen LogP contribution >= 0.6 is 0 Å². The summed E-state index contributed by atoms with van der Waals surface area (Å²) in [5.74, 6) is -8.52. The molecule has 0 bridgehead atoms. The van der Waals surface area contributed by atoms with E-state index in [9.17, 15) is 40.3 Å². The number of methoxy groups -OCH3 is 1. The summed E-state index contributed by atoms with van der Waals surface area (Å²) in [6, 6.07) is 8.44. The molecule has 0 fully saturated rings. The quantitative estimate of drug-likeness (QED) is 0.210. The summed E-state index contributed by atoms with van der Waals surface area (Å²) in [6.45, 7) is -0.0699. The Hall–Kier alpha value is -4.95. The molecule has 5 rings (SSSR count). The van der Waals surface area contributed by atoms with E-state index in [-0.39, 0.29) is 28.1 Å². The Balaban J connectivity index is 1.76. The first kappa shape index (κ1) is 28.6. The average Bonchev–Trinajstić information content (AvgIpc) is 3.23. The van der Waals surface area contributed by atoms with Gasteiger partial charge < -0.3 is 9.30 Å². The predicted octanol–water partition coefficient (Wildman–Crippen LogP) is 4.73. The zero-order chi connectivity index (χ0) is 30.5. The van der Waals surface area contributed by atoms with Gasteiger partial charge in [0, 0.05) is 18.0 Å². The molecule has 4 heterocycles. The lowest BCUT2D eigenvalue weighted by Gasteiger charge is -2.16. The highest BCUT2D eigenvalue weighted by Gasteiger charge is 2.33. The van der Waals surface area contributed by atoms with Crippen LogP contribution in [0.2, 0.25) is 0 Å². The highest BCUT2D eigenvalue weighted by molar-refractivity contribution is 5.81. The van der Waals surface area contributed by atoms with Gasteiger partial charge in [0.2, 0.25) is 11.6 Å². The van der Waals surface area contributed by atoms with Crippen LogP contribution in [0.3, 0.4) is 0 Å². The monoisotopic (exact) mass is 593 g/mol. The number of hydrogen-bond donors (Lipinski definition) is 0. The number of hydrogen-bond acceptors (Lipinski definition) is 5. The van der Waals surface area contributed by atoms with Gasteiger partial charge in [0.1, 0.15) is 5.69 Å². The van der Waals surface area contributed by atoms with Gasteiger partial charge in [-0.05, 0) is 31.2 Å². The van der Waals surface area contributed by atoms with Gasteiger partial charge in [-0.1, -0.05) is 12.1 Å². The number of ether oxygens (including phenoxy) is 1. The van der Waals surface area contributed by atoms with Crippen molar-refractivity contribution in [1.82, 2.24) is 23.9 Å². The van der Waals surface area contributed by atoms with Gasteiger partial charge in [0.05, 0.1) is 42.4 Å². The number of nitrogens with zero attached hydrogens (tertiary/aromatic N) is 5. The number of aromatic nitrogens is 5. The molecular weight excluding hydrogens is 575 g/mol. The summed E-state index contributed by atoms with van der Waals surface area (Å²) in [4.78, 5) is 34.6. The van der Waals surface area contributed by atoms with Crippen LogP contribution in [0.15, 0.2) is 58.3 Å². The Labute approximate surface area is 230 Å². The van der Waals surface area contributed by atoms with Crippen LogP contribution in [0.4, 0.5) is 30.7 Å². The maximum Gasteiger partial charge on any atom is 0.433 e. The number of rotatable bonds is 6. The minimum Gasteiger partial charge on any atom is -0.491 e. The van der Waals surface area contributed by atoms with Crippen molar-refractivity contribution in [2.24, 2.45) is 0 Å². The lowest BCUT2D eigenvalue weighted by Crippen LogP contribution is -2.24. The summed E-state index contributed by atoms with van der Waals surface area (Å²) in [5, 5.41) is -0.164. The largest absolute Gasteiger partial charge is 0.491 e. The number of benzene rings is 1. The summed E-state index contributed by atoms with van der Waals surface area (Å²) in [7, 11) is 0.820. The fourth-order valence-corrected chi connectivity index (χ4v) is 4.62. The van der Waals surface area contributed by atoms with Gasteiger partial charge in [-0.15, -0.1) is 0 Å². The number of aryl methyl sites for hydroxylation is 1. The van der Waals surface area contributed by atoms with Crippen LogP contribution in [0.25, 0.3) is 16.7 Å². The van der Waals surface area contributed by atoms with E-state index >= 15 is 0 Å². The van der Waals surface area contributed by atoms with Crippen molar-refractivity contribution < 1.29 is 35.5 Å². The fourth-order valence-electron chi connectivity index (χ4n) is 4.62. The highest BCUT2D eigenvalue weighted by Crippen LogP contribution is 2.31. The van der Waals surface area contributed by atoms with E-state index in [2.05, 4.69) is 14.7 Å². The fraction of sp³-hybridized carbons (Fsp3) is 0.185. The summed E-state index contributed by atoms with van der Waals surface area (Å²) < 4.78 is 106. The van der Waals surface area contributed by atoms with Crippen molar-refractivity contribution in [3.8, 4) is 11.6 Å². The topological polar surface area (TPSA) is 83.9 Å². The van der Waals surface area contributed by atoms with Gasteiger partial charge in [-0.3, -0.25) is 14.3 Å². The molecule has 0 saturated carbocycles. The molecule has 42 heavy (non-hydrogen) atoms. The molecule has 0 aliphatic heterocycles. The predicted molar refractivity (Wildman–Crippen MR) is 135 cm³/mol. The van der Waals surface area contributed by atoms with Gasteiger partial charge in [0.15, 0.2) is 23.2 Å². The van der Waals surface area contributed by atoms with Crippen LogP contribution < -0.4 is 15.9 Å². The third kappa shape index (κ3) is 4.69. The van der Waals surface area contributed by atoms with E-state index < -0.39 is 70.7 Å². The van der Waals surface area contributed by atoms with E-state index in [0.717, 1.165) is 39.2 Å². The molecule has 218 valence electrons. The number of alkyl halides is 3. The first-order valence-electron chi connectivity index (χ1n) is 12.0. The zero-order valence-corrected chi connectivity index (χ0v) is 21.6. The van der Waals surface area contributed by atoms with Crippen molar-refractivity contribution in [1.29, 1.82) is 0 Å². The van der Waals surface area contributed by atoms with Gasteiger partial charge in [0.25, 0.3) is 11.1 Å². The van der Waals surface area contributed by atoms with E-state index in [0.29, 0.717) is 0 Å². The second-order valence-corrected chi connectivity index (χ2v) is 9.06. The molecule has 15 heteroatoms. The van der Waals surface area contributed by atoms with Crippen molar-refractivity contribution in [3.05, 3.63) is 115 Å². The van der Waals surface area contributed by atoms with E-state index in [4.69, 9.17) is 0 Å². The molecule has 1 aromatic carbocycles. The molecule has 0 aliphatic rings. The van der Waals surface area contributed by atoms with Crippen molar-refractivity contribution in [2.45, 2.75) is 26.2 Å². The summed E-state index contributed by atoms with van der Waals surface area (Å²) >= 11 is 0. The maximum atomic E-state index is 15.0. The van der Waals surface area contributed by atoms with Crippen molar-refractivity contribution in [3.63, 3.8) is 0 Å². The first-order valence-corrected chi connectivity index (χ1v) is 12.0. The second kappa shape index (κ2) is 10.5. The molecule has 0 radical (unpaired) electrons. The Morgan fingerprint density at radius 1 is 0.905 bits per heavy atom. The van der Waals surface area contributed by atoms with Crippen LogP contribution in [0.5, 0.6) is 5.75 Å². The molecule has 5 aromatic rings. The normalized spacial score (nSPS) is 11.8. The first-order chi connectivity index (χ1) is 19.8. The van der Waals surface area contributed by atoms with Gasteiger partial charge in [-0.2, -0.15) is 26.6 Å². The molecule has 0 spiro atoms. The van der Waals surface area contributed by atoms with Gasteiger partial charge >= 0.3 is 6.18 Å². The molecule has 0 aliphatic carbocycles. The smallest absolute Gasteiger partial charge is 0.433 e.